The first-order chi connectivity index (χ1) is 16.1. The van der Waals surface area contributed by atoms with Gasteiger partial charge >= 0.3 is 0 Å². The number of pyridine rings is 1. The number of carbonyl (C=O) groups is 2. The zero-order chi connectivity index (χ0) is 23.2. The molecule has 174 valence electrons. The number of hydrogen-bond acceptors (Lipinski definition) is 5. The van der Waals surface area contributed by atoms with Crippen molar-refractivity contribution in [2.24, 2.45) is 0 Å². The molecule has 2 aromatic heterocycles. The molecule has 1 saturated heterocycles. The third-order valence-corrected chi connectivity index (χ3v) is 7.08. The van der Waals surface area contributed by atoms with E-state index in [1.165, 1.54) is 0 Å². The van der Waals surface area contributed by atoms with Gasteiger partial charge in [-0.1, -0.05) is 6.07 Å². The summed E-state index contributed by atoms with van der Waals surface area (Å²) >= 11 is 1.71. The quantitative estimate of drug-likeness (QED) is 0.478. The van der Waals surface area contributed by atoms with Crippen molar-refractivity contribution in [2.75, 3.05) is 45.8 Å². The monoisotopic (exact) mass is 465 g/mol. The minimum absolute atomic E-state index is 0.0571. The predicted molar refractivity (Wildman–Crippen MR) is 131 cm³/mol. The Hall–Kier alpha value is -2.84. The van der Waals surface area contributed by atoms with Crippen LogP contribution < -0.4 is 0 Å². The van der Waals surface area contributed by atoms with Gasteiger partial charge in [0.25, 0.3) is 5.91 Å². The molecule has 3 heterocycles. The molecule has 1 aromatic carbocycles. The lowest BCUT2D eigenvalue weighted by molar-refractivity contribution is -0.132. The van der Waals surface area contributed by atoms with Gasteiger partial charge in [0.05, 0.1) is 12.2 Å². The van der Waals surface area contributed by atoms with E-state index in [9.17, 15) is 9.59 Å². The van der Waals surface area contributed by atoms with Crippen LogP contribution in [-0.2, 0) is 10.5 Å². The zero-order valence-electron chi connectivity index (χ0n) is 19.3. The van der Waals surface area contributed by atoms with Crippen LogP contribution in [0, 0.1) is 0 Å². The molecule has 33 heavy (non-hydrogen) atoms. The van der Waals surface area contributed by atoms with Crippen molar-refractivity contribution >= 4 is 29.2 Å². The highest BCUT2D eigenvalue weighted by Gasteiger charge is 2.24. The van der Waals surface area contributed by atoms with Crippen molar-refractivity contribution in [3.05, 3.63) is 66.1 Å². The fraction of sp³-hybridized carbons (Fsp3) is 0.400. The van der Waals surface area contributed by atoms with Crippen LogP contribution in [-0.4, -0.2) is 81.7 Å². The summed E-state index contributed by atoms with van der Waals surface area (Å²) in [5.41, 5.74) is 2.69. The van der Waals surface area contributed by atoms with Gasteiger partial charge in [-0.25, -0.2) is 4.98 Å². The summed E-state index contributed by atoms with van der Waals surface area (Å²) < 4.78 is 2.02. The normalized spacial score (nSPS) is 14.5. The van der Waals surface area contributed by atoms with Gasteiger partial charge in [0.15, 0.2) is 0 Å². The Morgan fingerprint density at radius 3 is 2.39 bits per heavy atom. The molecular formula is C25H31N5O2S. The molecule has 0 spiro atoms. The molecule has 3 aromatic rings. The van der Waals surface area contributed by atoms with Gasteiger partial charge < -0.3 is 14.2 Å². The number of fused-ring (bicyclic) bond motifs is 1. The van der Waals surface area contributed by atoms with E-state index in [0.29, 0.717) is 25.2 Å². The van der Waals surface area contributed by atoms with Crippen molar-refractivity contribution < 1.29 is 9.59 Å². The number of hydrogen-bond donors (Lipinski definition) is 0. The fourth-order valence-electron chi connectivity index (χ4n) is 4.07. The Morgan fingerprint density at radius 1 is 1.00 bits per heavy atom. The number of rotatable bonds is 8. The van der Waals surface area contributed by atoms with E-state index in [0.717, 1.165) is 48.2 Å². The Labute approximate surface area is 199 Å². The smallest absolute Gasteiger partial charge is 0.253 e. The van der Waals surface area contributed by atoms with Crippen LogP contribution in [0.15, 0.2) is 59.8 Å². The van der Waals surface area contributed by atoms with Crippen LogP contribution in [0.2, 0.25) is 0 Å². The molecule has 0 unspecified atom stereocenters. The Kier molecular flexibility index (Phi) is 7.67. The number of imidazole rings is 1. The molecular weight excluding hydrogens is 434 g/mol. The summed E-state index contributed by atoms with van der Waals surface area (Å²) in [6.45, 7) is 8.66. The fourth-order valence-corrected chi connectivity index (χ4v) is 4.85. The lowest BCUT2D eigenvalue weighted by Gasteiger charge is -2.35. The molecule has 1 aliphatic rings. The largest absolute Gasteiger partial charge is 0.342 e. The Balaban J connectivity index is 1.26. The lowest BCUT2D eigenvalue weighted by atomic mass is 10.2. The Morgan fingerprint density at radius 2 is 1.73 bits per heavy atom. The van der Waals surface area contributed by atoms with Crippen LogP contribution in [0.3, 0.4) is 0 Å². The number of benzene rings is 1. The van der Waals surface area contributed by atoms with Crippen molar-refractivity contribution in [3.63, 3.8) is 0 Å². The molecule has 4 rings (SSSR count). The first kappa shape index (κ1) is 23.3. The molecule has 1 fully saturated rings. The molecule has 2 amide bonds. The highest BCUT2D eigenvalue weighted by molar-refractivity contribution is 7.98. The number of likely N-dealkylation sites (N-methyl/N-ethyl adjacent to an activating group) is 1. The highest BCUT2D eigenvalue weighted by Crippen LogP contribution is 2.23. The summed E-state index contributed by atoms with van der Waals surface area (Å²) in [6, 6.07) is 13.8. The van der Waals surface area contributed by atoms with Gasteiger partial charge in [-0.05, 0) is 50.2 Å². The molecule has 0 N–H and O–H groups in total. The SMILES string of the molecule is CCN(CC)C(=O)CN1CCN(C(=O)c2ccc(SCc3cn4ccccc4n3)cc2)CC1. The number of amides is 2. The van der Waals surface area contributed by atoms with Gasteiger partial charge in [-0.3, -0.25) is 14.5 Å². The van der Waals surface area contributed by atoms with E-state index in [4.69, 9.17) is 0 Å². The standard InChI is InChI=1S/C25H31N5O2S/c1-3-28(4-2)24(31)18-27-13-15-29(16-14-27)25(32)20-8-10-22(11-9-20)33-19-21-17-30-12-6-5-7-23(30)26-21/h5-12,17H,3-4,13-16,18-19H2,1-2H3. The number of thioether (sulfide) groups is 1. The van der Waals surface area contributed by atoms with Crippen LogP contribution >= 0.6 is 11.8 Å². The van der Waals surface area contributed by atoms with Gasteiger partial charge in [0.2, 0.25) is 5.91 Å². The maximum absolute atomic E-state index is 12.9. The number of piperazine rings is 1. The molecule has 7 nitrogen and oxygen atoms in total. The zero-order valence-corrected chi connectivity index (χ0v) is 20.1. The minimum Gasteiger partial charge on any atom is -0.342 e. The van der Waals surface area contributed by atoms with Crippen LogP contribution in [0.4, 0.5) is 0 Å². The van der Waals surface area contributed by atoms with E-state index in [1.54, 1.807) is 11.8 Å². The van der Waals surface area contributed by atoms with Crippen molar-refractivity contribution in [2.45, 2.75) is 24.5 Å². The summed E-state index contributed by atoms with van der Waals surface area (Å²) in [4.78, 5) is 36.9. The van der Waals surface area contributed by atoms with E-state index >= 15 is 0 Å². The van der Waals surface area contributed by atoms with E-state index in [1.807, 2.05) is 76.7 Å². The molecule has 1 aliphatic heterocycles. The molecule has 0 radical (unpaired) electrons. The van der Waals surface area contributed by atoms with E-state index in [2.05, 4.69) is 16.1 Å². The summed E-state index contributed by atoms with van der Waals surface area (Å²) in [5.74, 6) is 1.00. The molecule has 0 aliphatic carbocycles. The van der Waals surface area contributed by atoms with Crippen LogP contribution in [0.1, 0.15) is 29.9 Å². The van der Waals surface area contributed by atoms with E-state index < -0.39 is 0 Å². The first-order valence-corrected chi connectivity index (χ1v) is 12.5. The molecule has 8 heteroatoms. The topological polar surface area (TPSA) is 61.2 Å². The average Bonchev–Trinajstić information content (AvgIpc) is 3.27. The lowest BCUT2D eigenvalue weighted by Crippen LogP contribution is -2.51. The van der Waals surface area contributed by atoms with Crippen molar-refractivity contribution in [3.8, 4) is 0 Å². The maximum Gasteiger partial charge on any atom is 0.253 e. The molecule has 0 saturated carbocycles. The van der Waals surface area contributed by atoms with Crippen LogP contribution in [0.25, 0.3) is 5.65 Å². The Bertz CT molecular complexity index is 1050. The first-order valence-electron chi connectivity index (χ1n) is 11.5. The number of carbonyl (C=O) groups excluding carboxylic acids is 2. The van der Waals surface area contributed by atoms with Gasteiger partial charge in [-0.15, -0.1) is 11.8 Å². The summed E-state index contributed by atoms with van der Waals surface area (Å²) in [5, 5.41) is 0. The average molecular weight is 466 g/mol. The van der Waals surface area contributed by atoms with Crippen LogP contribution in [0.5, 0.6) is 0 Å². The van der Waals surface area contributed by atoms with Crippen molar-refractivity contribution in [1.82, 2.24) is 24.1 Å². The van der Waals surface area contributed by atoms with Gasteiger partial charge in [0, 0.05) is 67.9 Å². The summed E-state index contributed by atoms with van der Waals surface area (Å²) in [7, 11) is 0. The second-order valence-corrected chi connectivity index (χ2v) is 9.19. The second-order valence-electron chi connectivity index (χ2n) is 8.15. The van der Waals surface area contributed by atoms with Crippen molar-refractivity contribution in [1.29, 1.82) is 0 Å². The maximum atomic E-state index is 12.9. The number of nitrogens with zero attached hydrogens (tertiary/aromatic N) is 5. The minimum atomic E-state index is 0.0571. The predicted octanol–water partition coefficient (Wildman–Crippen LogP) is 3.25. The molecule has 0 bridgehead atoms. The third-order valence-electron chi connectivity index (χ3n) is 6.04. The number of aromatic nitrogens is 2. The second kappa shape index (κ2) is 10.9. The van der Waals surface area contributed by atoms with Gasteiger partial charge in [0.1, 0.15) is 5.65 Å². The van der Waals surface area contributed by atoms with Gasteiger partial charge in [-0.2, -0.15) is 0 Å². The van der Waals surface area contributed by atoms with E-state index in [-0.39, 0.29) is 11.8 Å². The summed E-state index contributed by atoms with van der Waals surface area (Å²) in [6.07, 6.45) is 4.05. The third kappa shape index (κ3) is 5.75. The molecule has 0 atom stereocenters. The highest BCUT2D eigenvalue weighted by atomic mass is 32.2.